The van der Waals surface area contributed by atoms with E-state index in [1.165, 1.54) is 24.2 Å². The van der Waals surface area contributed by atoms with E-state index in [0.717, 1.165) is 37.5 Å². The topological polar surface area (TPSA) is 80.5 Å². The van der Waals surface area contributed by atoms with Gasteiger partial charge in [0, 0.05) is 13.1 Å². The van der Waals surface area contributed by atoms with Crippen molar-refractivity contribution in [3.8, 4) is 0 Å². The van der Waals surface area contributed by atoms with E-state index in [1.54, 1.807) is 0 Å². The normalized spacial score (nSPS) is 31.0. The average molecular weight is 308 g/mol. The minimum Gasteiger partial charge on any atom is -0.382 e. The van der Waals surface area contributed by atoms with Crippen molar-refractivity contribution >= 4 is 28.2 Å². The number of hydrogen-bond acceptors (Lipinski definition) is 6. The molecule has 1 aromatic rings. The number of carbonyl (C=O) groups excluding carboxylic acids is 1. The Morgan fingerprint density at radius 3 is 2.86 bits per heavy atom. The van der Waals surface area contributed by atoms with Crippen LogP contribution in [0.1, 0.15) is 41.8 Å². The lowest BCUT2D eigenvalue weighted by Gasteiger charge is -2.19. The number of amides is 1. The van der Waals surface area contributed by atoms with Crippen molar-refractivity contribution in [2.75, 3.05) is 23.7 Å². The molecule has 3 N–H and O–H groups in total. The minimum atomic E-state index is -0.100. The lowest BCUT2D eigenvalue weighted by Crippen LogP contribution is -2.41. The molecule has 3 fully saturated rings. The van der Waals surface area contributed by atoms with Gasteiger partial charge in [0.25, 0.3) is 5.91 Å². The van der Waals surface area contributed by atoms with Crippen molar-refractivity contribution < 1.29 is 9.53 Å². The Hall–Kier alpha value is -1.34. The first-order chi connectivity index (χ1) is 10.2. The van der Waals surface area contributed by atoms with Crippen molar-refractivity contribution in [2.45, 2.75) is 50.4 Å². The maximum Gasteiger partial charge on any atom is 0.265 e. The highest BCUT2D eigenvalue weighted by Crippen LogP contribution is 2.35. The zero-order valence-corrected chi connectivity index (χ0v) is 12.7. The fourth-order valence-electron chi connectivity index (χ4n) is 3.55. The third kappa shape index (κ3) is 2.38. The summed E-state index contributed by atoms with van der Waals surface area (Å²) in [5.74, 6) is 0.250. The van der Waals surface area contributed by atoms with E-state index in [-0.39, 0.29) is 18.1 Å². The zero-order valence-electron chi connectivity index (χ0n) is 11.9. The van der Waals surface area contributed by atoms with Crippen LogP contribution in [0.15, 0.2) is 0 Å². The van der Waals surface area contributed by atoms with E-state index in [2.05, 4.69) is 15.2 Å². The van der Waals surface area contributed by atoms with Crippen LogP contribution in [-0.4, -0.2) is 42.2 Å². The van der Waals surface area contributed by atoms with Gasteiger partial charge in [-0.2, -0.15) is 0 Å². The van der Waals surface area contributed by atoms with E-state index in [4.69, 9.17) is 10.5 Å². The Morgan fingerprint density at radius 2 is 2.19 bits per heavy atom. The smallest absolute Gasteiger partial charge is 0.265 e. The molecular weight excluding hydrogens is 288 g/mol. The SMILES string of the molecule is Nc1nc(N2CCCC2)sc1C(=O)NC1CC2CCC1O2. The summed E-state index contributed by atoms with van der Waals surface area (Å²) in [6.45, 7) is 2.02. The molecule has 3 atom stereocenters. The molecule has 3 unspecified atom stereocenters. The largest absolute Gasteiger partial charge is 0.382 e. The van der Waals surface area contributed by atoms with Gasteiger partial charge in [0.05, 0.1) is 18.2 Å². The summed E-state index contributed by atoms with van der Waals surface area (Å²) < 4.78 is 5.77. The maximum atomic E-state index is 12.4. The number of ether oxygens (including phenoxy) is 1. The number of aromatic nitrogens is 1. The lowest BCUT2D eigenvalue weighted by molar-refractivity contribution is 0.0844. The maximum absolute atomic E-state index is 12.4. The van der Waals surface area contributed by atoms with Crippen LogP contribution in [0, 0.1) is 0 Å². The molecule has 1 aromatic heterocycles. The van der Waals surface area contributed by atoms with Crippen LogP contribution in [0.5, 0.6) is 0 Å². The molecule has 4 rings (SSSR count). The van der Waals surface area contributed by atoms with Crippen molar-refractivity contribution in [3.63, 3.8) is 0 Å². The first-order valence-corrected chi connectivity index (χ1v) is 8.50. The quantitative estimate of drug-likeness (QED) is 0.881. The number of thiazole rings is 1. The first-order valence-electron chi connectivity index (χ1n) is 7.68. The second-order valence-corrected chi connectivity index (χ2v) is 7.07. The summed E-state index contributed by atoms with van der Waals surface area (Å²) in [6.07, 6.45) is 5.98. The predicted octanol–water partition coefficient (Wildman–Crippen LogP) is 1.38. The van der Waals surface area contributed by atoms with Crippen molar-refractivity contribution in [1.82, 2.24) is 10.3 Å². The molecule has 1 amide bonds. The van der Waals surface area contributed by atoms with Gasteiger partial charge < -0.3 is 20.7 Å². The second-order valence-electron chi connectivity index (χ2n) is 6.09. The van der Waals surface area contributed by atoms with Gasteiger partial charge in [-0.3, -0.25) is 4.79 Å². The molecule has 0 aromatic carbocycles. The fourth-order valence-corrected chi connectivity index (χ4v) is 4.49. The number of anilines is 2. The standard InChI is InChI=1S/C14H20N4O2S/c15-12-11(21-14(17-12)18-5-1-2-6-18)13(19)16-9-7-8-3-4-10(9)20-8/h8-10H,1-7,15H2,(H,16,19). The number of nitrogens with zero attached hydrogens (tertiary/aromatic N) is 2. The Balaban J connectivity index is 1.46. The summed E-state index contributed by atoms with van der Waals surface area (Å²) in [5.41, 5.74) is 5.94. The van der Waals surface area contributed by atoms with Crippen LogP contribution in [0.4, 0.5) is 10.9 Å². The van der Waals surface area contributed by atoms with Crippen molar-refractivity contribution in [2.24, 2.45) is 0 Å². The Bertz CT molecular complexity index is 555. The van der Waals surface area contributed by atoms with Gasteiger partial charge in [0.15, 0.2) is 5.13 Å². The number of nitrogens with two attached hydrogens (primary N) is 1. The highest BCUT2D eigenvalue weighted by atomic mass is 32.1. The highest BCUT2D eigenvalue weighted by molar-refractivity contribution is 7.18. The molecule has 3 aliphatic heterocycles. The monoisotopic (exact) mass is 308 g/mol. The van der Waals surface area contributed by atoms with Gasteiger partial charge in [0.2, 0.25) is 0 Å². The van der Waals surface area contributed by atoms with Gasteiger partial charge in [-0.25, -0.2) is 4.98 Å². The van der Waals surface area contributed by atoms with Crippen LogP contribution >= 0.6 is 11.3 Å². The number of hydrogen-bond donors (Lipinski definition) is 2. The van der Waals surface area contributed by atoms with E-state index < -0.39 is 0 Å². The first kappa shape index (κ1) is 13.3. The summed E-state index contributed by atoms with van der Waals surface area (Å²) in [7, 11) is 0. The van der Waals surface area contributed by atoms with Gasteiger partial charge in [-0.1, -0.05) is 11.3 Å². The van der Waals surface area contributed by atoms with Crippen LogP contribution < -0.4 is 16.0 Å². The molecule has 0 saturated carbocycles. The zero-order chi connectivity index (χ0) is 14.4. The average Bonchev–Trinajstić information content (AvgIpc) is 3.22. The van der Waals surface area contributed by atoms with Crippen LogP contribution in [0.2, 0.25) is 0 Å². The van der Waals surface area contributed by atoms with E-state index in [9.17, 15) is 4.79 Å². The van der Waals surface area contributed by atoms with E-state index in [0.29, 0.717) is 16.8 Å². The van der Waals surface area contributed by atoms with Gasteiger partial charge >= 0.3 is 0 Å². The number of carbonyl (C=O) groups is 1. The van der Waals surface area contributed by atoms with Gasteiger partial charge in [0.1, 0.15) is 10.7 Å². The van der Waals surface area contributed by atoms with Crippen molar-refractivity contribution in [1.29, 1.82) is 0 Å². The molecule has 3 aliphatic rings. The van der Waals surface area contributed by atoms with Crippen LogP contribution in [-0.2, 0) is 4.74 Å². The number of nitrogens with one attached hydrogen (secondary N) is 1. The number of fused-ring (bicyclic) bond motifs is 2. The van der Waals surface area contributed by atoms with E-state index >= 15 is 0 Å². The summed E-state index contributed by atoms with van der Waals surface area (Å²) >= 11 is 1.41. The molecule has 7 heteroatoms. The molecule has 4 heterocycles. The van der Waals surface area contributed by atoms with Crippen LogP contribution in [0.25, 0.3) is 0 Å². The molecule has 21 heavy (non-hydrogen) atoms. The Kier molecular flexibility index (Phi) is 3.26. The van der Waals surface area contributed by atoms with Gasteiger partial charge in [-0.15, -0.1) is 0 Å². The number of nitrogen functional groups attached to an aromatic ring is 1. The Morgan fingerprint density at radius 1 is 1.38 bits per heavy atom. The molecule has 114 valence electrons. The highest BCUT2D eigenvalue weighted by Gasteiger charge is 2.41. The molecule has 6 nitrogen and oxygen atoms in total. The lowest BCUT2D eigenvalue weighted by atomic mass is 9.95. The molecule has 3 saturated heterocycles. The third-order valence-corrected chi connectivity index (χ3v) is 5.78. The number of rotatable bonds is 3. The molecule has 2 bridgehead atoms. The van der Waals surface area contributed by atoms with Crippen molar-refractivity contribution in [3.05, 3.63) is 4.88 Å². The van der Waals surface area contributed by atoms with Gasteiger partial charge in [-0.05, 0) is 32.1 Å². The summed E-state index contributed by atoms with van der Waals surface area (Å²) in [5, 5.41) is 3.95. The predicted molar refractivity (Wildman–Crippen MR) is 81.7 cm³/mol. The molecular formula is C14H20N4O2S. The molecule has 0 aliphatic carbocycles. The Labute approximate surface area is 127 Å². The summed E-state index contributed by atoms with van der Waals surface area (Å²) in [4.78, 5) is 19.5. The summed E-state index contributed by atoms with van der Waals surface area (Å²) in [6, 6.07) is 0.132. The third-order valence-electron chi connectivity index (χ3n) is 4.65. The fraction of sp³-hybridized carbons (Fsp3) is 0.714. The molecule has 0 spiro atoms. The second kappa shape index (κ2) is 5.14. The van der Waals surface area contributed by atoms with Crippen LogP contribution in [0.3, 0.4) is 0 Å². The van der Waals surface area contributed by atoms with E-state index in [1.807, 2.05) is 0 Å². The molecule has 0 radical (unpaired) electrons. The minimum absolute atomic E-state index is 0.100.